The Morgan fingerprint density at radius 1 is 0.253 bits per heavy atom. The van der Waals surface area contributed by atoms with Crippen molar-refractivity contribution in [1.29, 1.82) is 0 Å². The Hall–Kier alpha value is -9.75. The van der Waals surface area contributed by atoms with E-state index in [1.165, 1.54) is 63.9 Å². The number of aromatic nitrogens is 5. The van der Waals surface area contributed by atoms with Crippen molar-refractivity contribution in [2.75, 3.05) is 0 Å². The first-order valence-corrected chi connectivity index (χ1v) is 26.2. The maximum Gasteiger partial charge on any atom is 0.166 e. The number of rotatable bonds is 8. The molecule has 0 unspecified atom stereocenters. The summed E-state index contributed by atoms with van der Waals surface area (Å²) in [6.07, 6.45) is 0. The lowest BCUT2D eigenvalue weighted by atomic mass is 9.99. The van der Waals surface area contributed by atoms with E-state index in [0.29, 0.717) is 17.5 Å². The van der Waals surface area contributed by atoms with Crippen LogP contribution in [0.2, 0.25) is 0 Å². The van der Waals surface area contributed by atoms with Gasteiger partial charge in [0, 0.05) is 54.7 Å². The van der Waals surface area contributed by atoms with Crippen molar-refractivity contribution in [3.63, 3.8) is 0 Å². The van der Waals surface area contributed by atoms with E-state index in [1.807, 2.05) is 17.4 Å². The first-order chi connectivity index (χ1) is 37.2. The van der Waals surface area contributed by atoms with E-state index in [2.05, 4.69) is 264 Å². The van der Waals surface area contributed by atoms with Crippen molar-refractivity contribution in [1.82, 2.24) is 24.1 Å². The highest BCUT2D eigenvalue weighted by atomic mass is 32.1. The molecule has 0 fully saturated rings. The Kier molecular flexibility index (Phi) is 10.00. The number of benzene rings is 11. The minimum absolute atomic E-state index is 0.597. The van der Waals surface area contributed by atoms with Crippen LogP contribution in [0.4, 0.5) is 0 Å². The summed E-state index contributed by atoms with van der Waals surface area (Å²) in [4.78, 5) is 16.2. The van der Waals surface area contributed by atoms with Crippen molar-refractivity contribution in [2.45, 2.75) is 0 Å². The maximum absolute atomic E-state index is 5.46. The van der Waals surface area contributed by atoms with Crippen LogP contribution >= 0.6 is 11.3 Å². The standard InChI is InChI=1S/C69H43N5S/c1-4-18-44(19-5-1)46-32-34-49(35-33-46)67-70-68(58-27-11-10-24-51(58)48-22-8-3-9-23-48)72-69(71-67)59-28-14-17-31-62(59)74-61-30-16-13-26-53(61)55-41-43-57-56-42-40-54-52-25-12-15-29-60(52)73(63(54)65(56)75-66(57)64(55)74)50-38-36-47(37-39-50)45-20-6-2-7-21-45/h1-43H. The van der Waals surface area contributed by atoms with Crippen LogP contribution in [0.3, 0.4) is 0 Å². The molecule has 4 heterocycles. The lowest BCUT2D eigenvalue weighted by molar-refractivity contribution is 1.07. The van der Waals surface area contributed by atoms with Gasteiger partial charge < -0.3 is 9.13 Å². The summed E-state index contributed by atoms with van der Waals surface area (Å²) in [5.74, 6) is 1.81. The van der Waals surface area contributed by atoms with Crippen molar-refractivity contribution < 1.29 is 0 Å². The lowest BCUT2D eigenvalue weighted by Crippen LogP contribution is -2.04. The zero-order valence-corrected chi connectivity index (χ0v) is 41.3. The highest BCUT2D eigenvalue weighted by Crippen LogP contribution is 2.48. The highest BCUT2D eigenvalue weighted by molar-refractivity contribution is 7.27. The Morgan fingerprint density at radius 2 is 0.653 bits per heavy atom. The molecule has 0 saturated carbocycles. The van der Waals surface area contributed by atoms with Gasteiger partial charge in [-0.05, 0) is 69.8 Å². The molecule has 0 aliphatic carbocycles. The van der Waals surface area contributed by atoms with Crippen LogP contribution in [0.1, 0.15) is 0 Å². The SMILES string of the molecule is c1ccc(-c2ccc(-c3nc(-c4ccccc4-c4ccccc4)nc(-c4ccccc4-n4c5ccccc5c5ccc6c7ccc8c9ccccc9n(-c9ccc(-c%10ccccc%10)cc9)c8c7sc6c54)n3)cc2)cc1. The van der Waals surface area contributed by atoms with Gasteiger partial charge in [0.2, 0.25) is 0 Å². The Balaban J connectivity index is 0.966. The van der Waals surface area contributed by atoms with E-state index in [4.69, 9.17) is 15.0 Å². The van der Waals surface area contributed by atoms with Crippen LogP contribution in [0.15, 0.2) is 261 Å². The van der Waals surface area contributed by atoms with E-state index < -0.39 is 0 Å². The second kappa shape index (κ2) is 17.5. The van der Waals surface area contributed by atoms with Crippen molar-refractivity contribution >= 4 is 75.1 Å². The summed E-state index contributed by atoms with van der Waals surface area (Å²) < 4.78 is 7.41. The first-order valence-electron chi connectivity index (χ1n) is 25.3. The molecule has 6 heteroatoms. The molecule has 11 aromatic carbocycles. The number of thiophene rings is 1. The summed E-state index contributed by atoms with van der Waals surface area (Å²) in [7, 11) is 0. The minimum Gasteiger partial charge on any atom is -0.308 e. The zero-order chi connectivity index (χ0) is 49.4. The third-order valence-electron chi connectivity index (χ3n) is 14.8. The predicted octanol–water partition coefficient (Wildman–Crippen LogP) is 18.4. The molecule has 0 spiro atoms. The van der Waals surface area contributed by atoms with Crippen LogP contribution in [-0.2, 0) is 0 Å². The van der Waals surface area contributed by atoms with Crippen LogP contribution in [0.5, 0.6) is 0 Å². The average molecular weight is 974 g/mol. The van der Waals surface area contributed by atoms with E-state index in [1.54, 1.807) is 0 Å². The molecule has 0 bridgehead atoms. The van der Waals surface area contributed by atoms with Gasteiger partial charge >= 0.3 is 0 Å². The molecule has 15 rings (SSSR count). The van der Waals surface area contributed by atoms with Gasteiger partial charge in [-0.15, -0.1) is 11.3 Å². The van der Waals surface area contributed by atoms with E-state index in [0.717, 1.165) is 61.4 Å². The number of hydrogen-bond acceptors (Lipinski definition) is 4. The van der Waals surface area contributed by atoms with Gasteiger partial charge in [-0.1, -0.05) is 224 Å². The molecular formula is C69H43N5S. The molecule has 0 radical (unpaired) electrons. The van der Waals surface area contributed by atoms with E-state index in [9.17, 15) is 0 Å². The molecule has 0 aliphatic rings. The highest BCUT2D eigenvalue weighted by Gasteiger charge is 2.24. The second-order valence-electron chi connectivity index (χ2n) is 19.1. The minimum atomic E-state index is 0.597. The summed E-state index contributed by atoms with van der Waals surface area (Å²) in [6.45, 7) is 0. The number of hydrogen-bond donors (Lipinski definition) is 0. The van der Waals surface area contributed by atoms with Crippen LogP contribution in [0, 0.1) is 0 Å². The monoisotopic (exact) mass is 973 g/mol. The van der Waals surface area contributed by atoms with E-state index >= 15 is 0 Å². The largest absolute Gasteiger partial charge is 0.308 e. The number of nitrogens with zero attached hydrogens (tertiary/aromatic N) is 5. The average Bonchev–Trinajstić information content (AvgIpc) is 4.17. The van der Waals surface area contributed by atoms with Gasteiger partial charge in [-0.25, -0.2) is 15.0 Å². The molecule has 0 N–H and O–H groups in total. The Morgan fingerprint density at radius 3 is 1.25 bits per heavy atom. The Bertz CT molecular complexity index is 4670. The maximum atomic E-state index is 5.46. The molecular weight excluding hydrogens is 931 g/mol. The van der Waals surface area contributed by atoms with E-state index in [-0.39, 0.29) is 0 Å². The molecule has 0 aliphatic heterocycles. The van der Waals surface area contributed by atoms with Gasteiger partial charge in [0.15, 0.2) is 17.5 Å². The predicted molar refractivity (Wildman–Crippen MR) is 314 cm³/mol. The van der Waals surface area contributed by atoms with Gasteiger partial charge in [-0.3, -0.25) is 0 Å². The van der Waals surface area contributed by atoms with Crippen molar-refractivity contribution in [3.05, 3.63) is 261 Å². The normalized spacial score (nSPS) is 11.7. The van der Waals surface area contributed by atoms with Crippen molar-refractivity contribution in [3.8, 4) is 78.9 Å². The summed E-state index contributed by atoms with van der Waals surface area (Å²) >= 11 is 1.89. The van der Waals surface area contributed by atoms with Crippen LogP contribution in [0.25, 0.3) is 143 Å². The lowest BCUT2D eigenvalue weighted by Gasteiger charge is -2.16. The zero-order valence-electron chi connectivity index (χ0n) is 40.5. The smallest absolute Gasteiger partial charge is 0.166 e. The quantitative estimate of drug-likeness (QED) is 0.152. The molecule has 15 aromatic rings. The number of fused-ring (bicyclic) bond motifs is 11. The van der Waals surface area contributed by atoms with Crippen LogP contribution in [-0.4, -0.2) is 24.1 Å². The molecule has 0 amide bonds. The summed E-state index contributed by atoms with van der Waals surface area (Å²) in [5.41, 5.74) is 16.4. The fourth-order valence-corrected chi connectivity index (χ4v) is 12.7. The molecule has 75 heavy (non-hydrogen) atoms. The van der Waals surface area contributed by atoms with Gasteiger partial charge in [-0.2, -0.15) is 0 Å². The topological polar surface area (TPSA) is 48.5 Å². The van der Waals surface area contributed by atoms with Gasteiger partial charge in [0.1, 0.15) is 0 Å². The second-order valence-corrected chi connectivity index (χ2v) is 20.1. The third-order valence-corrected chi connectivity index (χ3v) is 16.1. The molecule has 5 nitrogen and oxygen atoms in total. The van der Waals surface area contributed by atoms with Gasteiger partial charge in [0.25, 0.3) is 0 Å². The third kappa shape index (κ3) is 7.03. The van der Waals surface area contributed by atoms with Crippen LogP contribution < -0.4 is 0 Å². The molecule has 0 saturated heterocycles. The fraction of sp³-hybridized carbons (Fsp3) is 0. The molecule has 350 valence electrons. The first kappa shape index (κ1) is 42.9. The summed E-state index contributed by atoms with van der Waals surface area (Å²) in [6, 6.07) is 93.2. The van der Waals surface area contributed by atoms with Gasteiger partial charge in [0.05, 0.1) is 37.2 Å². The Labute approximate surface area is 436 Å². The molecule has 0 atom stereocenters. The fourth-order valence-electron chi connectivity index (χ4n) is 11.3. The van der Waals surface area contributed by atoms with Crippen molar-refractivity contribution in [2.24, 2.45) is 0 Å². The number of para-hydroxylation sites is 3. The molecule has 4 aromatic heterocycles. The summed E-state index contributed by atoms with van der Waals surface area (Å²) in [5, 5.41) is 7.32.